The molecule has 3 N–H and O–H groups in total. The van der Waals surface area contributed by atoms with Gasteiger partial charge in [0.05, 0.1) is 7.11 Å². The minimum Gasteiger partial charge on any atom is -0.497 e. The molecule has 1 aromatic rings. The second kappa shape index (κ2) is 5.93. The van der Waals surface area contributed by atoms with E-state index in [0.29, 0.717) is 0 Å². The topological polar surface area (TPSA) is 62.4 Å². The summed E-state index contributed by atoms with van der Waals surface area (Å²) in [5, 5.41) is 9.18. The standard InChI is InChI=1S/C14H21N3O2/c1-14(6-8-15-9-7-14)17-13(18)16-11-4-3-5-12(10-11)19-2/h3-5,10,15H,6-9H2,1-2H3,(H2,16,17,18). The number of methoxy groups -OCH3 is 1. The van der Waals surface area contributed by atoms with Gasteiger partial charge in [-0.3, -0.25) is 0 Å². The summed E-state index contributed by atoms with van der Waals surface area (Å²) >= 11 is 0. The third-order valence-electron chi connectivity index (χ3n) is 3.45. The van der Waals surface area contributed by atoms with E-state index >= 15 is 0 Å². The van der Waals surface area contributed by atoms with Crippen molar-refractivity contribution in [3.63, 3.8) is 0 Å². The largest absolute Gasteiger partial charge is 0.497 e. The van der Waals surface area contributed by atoms with Gasteiger partial charge in [0.15, 0.2) is 0 Å². The molecule has 0 bridgehead atoms. The molecule has 5 heteroatoms. The maximum atomic E-state index is 12.0. The molecule has 2 rings (SSSR count). The molecule has 5 nitrogen and oxygen atoms in total. The molecule has 104 valence electrons. The van der Waals surface area contributed by atoms with Crippen molar-refractivity contribution in [2.24, 2.45) is 0 Å². The fourth-order valence-corrected chi connectivity index (χ4v) is 2.24. The molecule has 0 aliphatic carbocycles. The summed E-state index contributed by atoms with van der Waals surface area (Å²) in [4.78, 5) is 12.0. The third-order valence-corrected chi connectivity index (χ3v) is 3.45. The normalized spacial score (nSPS) is 17.6. The highest BCUT2D eigenvalue weighted by molar-refractivity contribution is 5.89. The molecule has 0 saturated carbocycles. The first kappa shape index (κ1) is 13.7. The fraction of sp³-hybridized carbons (Fsp3) is 0.500. The van der Waals surface area contributed by atoms with E-state index in [1.165, 1.54) is 0 Å². The van der Waals surface area contributed by atoms with Crippen molar-refractivity contribution in [2.45, 2.75) is 25.3 Å². The van der Waals surface area contributed by atoms with Crippen LogP contribution < -0.4 is 20.7 Å². The minimum atomic E-state index is -0.169. The van der Waals surface area contributed by atoms with E-state index in [-0.39, 0.29) is 11.6 Å². The highest BCUT2D eigenvalue weighted by atomic mass is 16.5. The van der Waals surface area contributed by atoms with E-state index in [1.807, 2.05) is 18.2 Å². The van der Waals surface area contributed by atoms with Crippen molar-refractivity contribution in [2.75, 3.05) is 25.5 Å². The molecule has 2 amide bonds. The Morgan fingerprint density at radius 1 is 1.37 bits per heavy atom. The lowest BCUT2D eigenvalue weighted by molar-refractivity contribution is 0.225. The average molecular weight is 263 g/mol. The van der Waals surface area contributed by atoms with Crippen molar-refractivity contribution < 1.29 is 9.53 Å². The summed E-state index contributed by atoms with van der Waals surface area (Å²) in [6.45, 7) is 3.96. The molecule has 1 fully saturated rings. The molecular formula is C14H21N3O2. The lowest BCUT2D eigenvalue weighted by Crippen LogP contribution is -2.53. The Morgan fingerprint density at radius 3 is 2.79 bits per heavy atom. The van der Waals surface area contributed by atoms with Crippen LogP contribution in [0.1, 0.15) is 19.8 Å². The highest BCUT2D eigenvalue weighted by Gasteiger charge is 2.28. The molecule has 0 radical (unpaired) electrons. The third kappa shape index (κ3) is 3.86. The minimum absolute atomic E-state index is 0.131. The molecule has 0 unspecified atom stereocenters. The van der Waals surface area contributed by atoms with Crippen LogP contribution in [0.15, 0.2) is 24.3 Å². The number of benzene rings is 1. The molecule has 0 aromatic heterocycles. The predicted octanol–water partition coefficient (Wildman–Crippen LogP) is 1.96. The first-order valence-corrected chi connectivity index (χ1v) is 6.55. The second-order valence-electron chi connectivity index (χ2n) is 5.12. The van der Waals surface area contributed by atoms with Crippen LogP contribution in [0, 0.1) is 0 Å². The Bertz CT molecular complexity index is 442. The first-order chi connectivity index (χ1) is 9.11. The van der Waals surface area contributed by atoms with Gasteiger partial charge < -0.3 is 20.7 Å². The molecule has 1 aromatic carbocycles. The summed E-state index contributed by atoms with van der Waals surface area (Å²) in [5.41, 5.74) is 0.600. The number of hydrogen-bond acceptors (Lipinski definition) is 3. The van der Waals surface area contributed by atoms with Gasteiger partial charge in [-0.15, -0.1) is 0 Å². The maximum absolute atomic E-state index is 12.0. The summed E-state index contributed by atoms with van der Waals surface area (Å²) in [6, 6.07) is 7.16. The number of hydrogen-bond donors (Lipinski definition) is 3. The Labute approximate surface area is 113 Å². The second-order valence-corrected chi connectivity index (χ2v) is 5.12. The summed E-state index contributed by atoms with van der Waals surface area (Å²) in [6.07, 6.45) is 1.89. The van der Waals surface area contributed by atoms with Crippen LogP contribution in [0.5, 0.6) is 5.75 Å². The number of rotatable bonds is 3. The average Bonchev–Trinajstić information content (AvgIpc) is 2.39. The number of nitrogens with one attached hydrogen (secondary N) is 3. The van der Waals surface area contributed by atoms with E-state index in [0.717, 1.165) is 37.4 Å². The SMILES string of the molecule is COc1cccc(NC(=O)NC2(C)CCNCC2)c1. The van der Waals surface area contributed by atoms with Gasteiger partial charge in [-0.1, -0.05) is 6.07 Å². The predicted molar refractivity (Wildman–Crippen MR) is 75.7 cm³/mol. The van der Waals surface area contributed by atoms with Crippen LogP contribution in [0.2, 0.25) is 0 Å². The zero-order valence-electron chi connectivity index (χ0n) is 11.5. The van der Waals surface area contributed by atoms with Gasteiger partial charge in [0.1, 0.15) is 5.75 Å². The van der Waals surface area contributed by atoms with Crippen LogP contribution in [0.3, 0.4) is 0 Å². The molecule has 1 aliphatic heterocycles. The van der Waals surface area contributed by atoms with E-state index in [4.69, 9.17) is 4.74 Å². The molecule has 19 heavy (non-hydrogen) atoms. The number of urea groups is 1. The van der Waals surface area contributed by atoms with Crippen molar-refractivity contribution in [1.29, 1.82) is 0 Å². The van der Waals surface area contributed by atoms with Gasteiger partial charge >= 0.3 is 6.03 Å². The van der Waals surface area contributed by atoms with Crippen LogP contribution in [-0.2, 0) is 0 Å². The lowest BCUT2D eigenvalue weighted by Gasteiger charge is -2.34. The highest BCUT2D eigenvalue weighted by Crippen LogP contribution is 2.19. The lowest BCUT2D eigenvalue weighted by atomic mass is 9.91. The molecule has 0 atom stereocenters. The van der Waals surface area contributed by atoms with Gasteiger partial charge in [0, 0.05) is 17.3 Å². The molecule has 1 heterocycles. The Hall–Kier alpha value is -1.75. The number of anilines is 1. The Morgan fingerprint density at radius 2 is 2.11 bits per heavy atom. The van der Waals surface area contributed by atoms with Gasteiger partial charge in [0.25, 0.3) is 0 Å². The monoisotopic (exact) mass is 263 g/mol. The summed E-state index contributed by atoms with van der Waals surface area (Å²) < 4.78 is 5.13. The van der Waals surface area contributed by atoms with Gasteiger partial charge in [-0.2, -0.15) is 0 Å². The zero-order chi connectivity index (χ0) is 13.7. The maximum Gasteiger partial charge on any atom is 0.319 e. The van der Waals surface area contributed by atoms with Gasteiger partial charge in [-0.05, 0) is 45.0 Å². The first-order valence-electron chi connectivity index (χ1n) is 6.55. The van der Waals surface area contributed by atoms with Crippen LogP contribution in [0.4, 0.5) is 10.5 Å². The molecular weight excluding hydrogens is 242 g/mol. The van der Waals surface area contributed by atoms with Crippen LogP contribution in [0.25, 0.3) is 0 Å². The quantitative estimate of drug-likeness (QED) is 0.781. The fourth-order valence-electron chi connectivity index (χ4n) is 2.24. The number of amides is 2. The van der Waals surface area contributed by atoms with Crippen molar-refractivity contribution >= 4 is 11.7 Å². The van der Waals surface area contributed by atoms with E-state index in [9.17, 15) is 4.79 Å². The van der Waals surface area contributed by atoms with Crippen molar-refractivity contribution in [3.05, 3.63) is 24.3 Å². The molecule has 1 aliphatic rings. The number of ether oxygens (including phenoxy) is 1. The van der Waals surface area contributed by atoms with Crippen LogP contribution in [-0.4, -0.2) is 31.8 Å². The van der Waals surface area contributed by atoms with E-state index in [1.54, 1.807) is 13.2 Å². The van der Waals surface area contributed by atoms with Crippen molar-refractivity contribution in [1.82, 2.24) is 10.6 Å². The molecule has 0 spiro atoms. The molecule has 1 saturated heterocycles. The summed E-state index contributed by atoms with van der Waals surface area (Å²) in [7, 11) is 1.61. The van der Waals surface area contributed by atoms with E-state index < -0.39 is 0 Å². The van der Waals surface area contributed by atoms with Gasteiger partial charge in [-0.25, -0.2) is 4.79 Å². The van der Waals surface area contributed by atoms with Crippen LogP contribution >= 0.6 is 0 Å². The zero-order valence-corrected chi connectivity index (χ0v) is 11.5. The van der Waals surface area contributed by atoms with Crippen molar-refractivity contribution in [3.8, 4) is 5.75 Å². The van der Waals surface area contributed by atoms with E-state index in [2.05, 4.69) is 22.9 Å². The number of piperidine rings is 1. The Kier molecular flexibility index (Phi) is 4.27. The number of carbonyl (C=O) groups excluding carboxylic acids is 1. The Balaban J connectivity index is 1.93. The van der Waals surface area contributed by atoms with Gasteiger partial charge in [0.2, 0.25) is 0 Å². The summed E-state index contributed by atoms with van der Waals surface area (Å²) in [5.74, 6) is 0.728. The smallest absolute Gasteiger partial charge is 0.319 e. The number of carbonyl (C=O) groups is 1.